The number of nitrogens with one attached hydrogen (secondary N) is 3. The Labute approximate surface area is 226 Å². The molecule has 5 N–H and O–H groups in total. The van der Waals surface area contributed by atoms with Crippen LogP contribution in [0.4, 0.5) is 27.4 Å². The third-order valence-corrected chi connectivity index (χ3v) is 8.14. The molecule has 0 radical (unpaired) electrons. The van der Waals surface area contributed by atoms with Gasteiger partial charge in [-0.05, 0) is 68.5 Å². The molecule has 1 aliphatic rings. The summed E-state index contributed by atoms with van der Waals surface area (Å²) < 4.78 is 42.9. The average Bonchev–Trinajstić information content (AvgIpc) is 2.92. The SMILES string of the molecule is Cc1ccccc1S(=O)(=O)Nc1ccc(Nc2ccncc2-c2ncnc(NC3CCC(N)CC3)n2)cc1F. The molecule has 12 heteroatoms. The molecule has 2 heterocycles. The van der Waals surface area contributed by atoms with Crippen LogP contribution in [0.2, 0.25) is 0 Å². The molecule has 1 fully saturated rings. The van der Waals surface area contributed by atoms with Crippen molar-refractivity contribution < 1.29 is 12.8 Å². The van der Waals surface area contributed by atoms with E-state index in [1.165, 1.54) is 24.5 Å². The van der Waals surface area contributed by atoms with Crippen molar-refractivity contribution in [3.63, 3.8) is 0 Å². The number of hydrogen-bond acceptors (Lipinski definition) is 9. The second-order valence-electron chi connectivity index (χ2n) is 9.50. The van der Waals surface area contributed by atoms with Crippen LogP contribution in [-0.2, 0) is 10.0 Å². The van der Waals surface area contributed by atoms with E-state index in [4.69, 9.17) is 5.73 Å². The quantitative estimate of drug-likeness (QED) is 0.248. The summed E-state index contributed by atoms with van der Waals surface area (Å²) in [5.41, 5.74) is 8.01. The molecule has 0 spiro atoms. The van der Waals surface area contributed by atoms with Gasteiger partial charge in [-0.2, -0.15) is 4.98 Å². The van der Waals surface area contributed by atoms with Crippen LogP contribution in [-0.4, -0.2) is 40.4 Å². The van der Waals surface area contributed by atoms with Gasteiger partial charge in [0.15, 0.2) is 5.82 Å². The molecule has 2 aromatic carbocycles. The van der Waals surface area contributed by atoms with Crippen molar-refractivity contribution in [3.05, 3.63) is 78.6 Å². The lowest BCUT2D eigenvalue weighted by Gasteiger charge is -2.26. The number of anilines is 4. The van der Waals surface area contributed by atoms with Gasteiger partial charge >= 0.3 is 0 Å². The summed E-state index contributed by atoms with van der Waals surface area (Å²) in [5, 5.41) is 6.52. The molecule has 10 nitrogen and oxygen atoms in total. The Balaban J connectivity index is 1.33. The Hall–Kier alpha value is -4.16. The summed E-state index contributed by atoms with van der Waals surface area (Å²) in [6, 6.07) is 12.9. The van der Waals surface area contributed by atoms with Gasteiger partial charge in [-0.1, -0.05) is 18.2 Å². The summed E-state index contributed by atoms with van der Waals surface area (Å²) in [6.45, 7) is 1.68. The first-order chi connectivity index (χ1) is 18.8. The molecule has 39 heavy (non-hydrogen) atoms. The molecule has 1 aliphatic carbocycles. The third-order valence-electron chi connectivity index (χ3n) is 6.61. The molecule has 0 amide bonds. The molecule has 0 unspecified atom stereocenters. The summed E-state index contributed by atoms with van der Waals surface area (Å²) in [7, 11) is -3.95. The minimum Gasteiger partial charge on any atom is -0.355 e. The second-order valence-corrected chi connectivity index (χ2v) is 11.2. The topological polar surface area (TPSA) is 148 Å². The standard InChI is InChI=1S/C27H29FN8O2S/c1-17-4-2-3-5-25(17)39(37,38)36-24-11-10-20(14-22(24)28)33-23-12-13-30-15-21(23)26-31-16-32-27(35-26)34-19-8-6-18(29)7-9-19/h2-5,10-16,18-19,36H,6-9,29H2,1H3,(H,30,33)(H,31,32,34,35). The predicted octanol–water partition coefficient (Wildman–Crippen LogP) is 4.61. The Bertz CT molecular complexity index is 1580. The predicted molar refractivity (Wildman–Crippen MR) is 149 cm³/mol. The molecule has 0 bridgehead atoms. The summed E-state index contributed by atoms with van der Waals surface area (Å²) >= 11 is 0. The number of nitrogens with two attached hydrogens (primary N) is 1. The fourth-order valence-electron chi connectivity index (χ4n) is 4.51. The Morgan fingerprint density at radius 1 is 1.00 bits per heavy atom. The van der Waals surface area contributed by atoms with Crippen LogP contribution in [0.3, 0.4) is 0 Å². The highest BCUT2D eigenvalue weighted by Crippen LogP contribution is 2.30. The number of hydrogen-bond donors (Lipinski definition) is 4. The second kappa shape index (κ2) is 11.3. The monoisotopic (exact) mass is 548 g/mol. The maximum Gasteiger partial charge on any atom is 0.262 e. The van der Waals surface area contributed by atoms with Crippen molar-refractivity contribution in [3.8, 4) is 11.4 Å². The highest BCUT2D eigenvalue weighted by Gasteiger charge is 2.21. The lowest BCUT2D eigenvalue weighted by atomic mass is 9.92. The number of nitrogens with zero attached hydrogens (tertiary/aromatic N) is 4. The van der Waals surface area contributed by atoms with E-state index in [0.717, 1.165) is 25.7 Å². The zero-order chi connectivity index (χ0) is 27.4. The zero-order valence-corrected chi connectivity index (χ0v) is 22.1. The van der Waals surface area contributed by atoms with E-state index < -0.39 is 15.8 Å². The van der Waals surface area contributed by atoms with Crippen LogP contribution in [0.25, 0.3) is 11.4 Å². The van der Waals surface area contributed by atoms with Crippen LogP contribution in [0.15, 0.2) is 72.1 Å². The molecular weight excluding hydrogens is 519 g/mol. The van der Waals surface area contributed by atoms with E-state index in [9.17, 15) is 12.8 Å². The van der Waals surface area contributed by atoms with Gasteiger partial charge in [-0.3, -0.25) is 9.71 Å². The first-order valence-corrected chi connectivity index (χ1v) is 14.1. The Kier molecular flexibility index (Phi) is 7.66. The van der Waals surface area contributed by atoms with Gasteiger partial charge in [0.05, 0.1) is 21.8 Å². The Morgan fingerprint density at radius 3 is 2.56 bits per heavy atom. The van der Waals surface area contributed by atoms with Crippen molar-refractivity contribution in [1.29, 1.82) is 0 Å². The average molecular weight is 549 g/mol. The fraction of sp³-hybridized carbons (Fsp3) is 0.259. The van der Waals surface area contributed by atoms with Crippen LogP contribution in [0.1, 0.15) is 31.2 Å². The summed E-state index contributed by atoms with van der Waals surface area (Å²) in [4.78, 5) is 17.4. The van der Waals surface area contributed by atoms with Gasteiger partial charge in [0, 0.05) is 30.2 Å². The minimum atomic E-state index is -3.95. The number of halogens is 1. The smallest absolute Gasteiger partial charge is 0.262 e. The number of sulfonamides is 1. The fourth-order valence-corrected chi connectivity index (χ4v) is 5.83. The number of pyridine rings is 1. The van der Waals surface area contributed by atoms with Gasteiger partial charge in [-0.15, -0.1) is 0 Å². The highest BCUT2D eigenvalue weighted by molar-refractivity contribution is 7.92. The normalized spacial score (nSPS) is 17.4. The summed E-state index contributed by atoms with van der Waals surface area (Å²) in [5.74, 6) is 0.136. The molecule has 4 aromatic rings. The van der Waals surface area contributed by atoms with Gasteiger partial charge in [0.2, 0.25) is 5.95 Å². The van der Waals surface area contributed by atoms with Crippen molar-refractivity contribution in [1.82, 2.24) is 19.9 Å². The van der Waals surface area contributed by atoms with Gasteiger partial charge < -0.3 is 16.4 Å². The largest absolute Gasteiger partial charge is 0.355 e. The van der Waals surface area contributed by atoms with Crippen LogP contribution < -0.4 is 21.1 Å². The van der Waals surface area contributed by atoms with Crippen molar-refractivity contribution >= 4 is 33.0 Å². The van der Waals surface area contributed by atoms with Gasteiger partial charge in [-0.25, -0.2) is 22.8 Å². The Morgan fingerprint density at radius 2 is 1.79 bits per heavy atom. The van der Waals surface area contributed by atoms with E-state index >= 15 is 0 Å². The lowest BCUT2D eigenvalue weighted by Crippen LogP contribution is -2.33. The maximum atomic E-state index is 15.0. The maximum absolute atomic E-state index is 15.0. The van der Waals surface area contributed by atoms with Crippen LogP contribution in [0.5, 0.6) is 0 Å². The molecule has 0 aliphatic heterocycles. The van der Waals surface area contributed by atoms with Crippen molar-refractivity contribution in [2.45, 2.75) is 49.6 Å². The third kappa shape index (κ3) is 6.29. The van der Waals surface area contributed by atoms with Crippen LogP contribution in [0, 0.1) is 12.7 Å². The molecule has 202 valence electrons. The first kappa shape index (κ1) is 26.4. The molecule has 1 saturated carbocycles. The molecular formula is C27H29FN8O2S. The first-order valence-electron chi connectivity index (χ1n) is 12.6. The highest BCUT2D eigenvalue weighted by atomic mass is 32.2. The van der Waals surface area contributed by atoms with E-state index in [2.05, 4.69) is 35.3 Å². The van der Waals surface area contributed by atoms with E-state index in [1.54, 1.807) is 49.6 Å². The molecule has 0 atom stereocenters. The van der Waals surface area contributed by atoms with Gasteiger partial charge in [0.1, 0.15) is 12.1 Å². The van der Waals surface area contributed by atoms with Crippen molar-refractivity contribution in [2.75, 3.05) is 15.4 Å². The molecule has 5 rings (SSSR count). The van der Waals surface area contributed by atoms with Gasteiger partial charge in [0.25, 0.3) is 10.0 Å². The minimum absolute atomic E-state index is 0.0892. The van der Waals surface area contributed by atoms with E-state index in [-0.39, 0.29) is 22.7 Å². The van der Waals surface area contributed by atoms with Crippen molar-refractivity contribution in [2.24, 2.45) is 5.73 Å². The van der Waals surface area contributed by atoms with E-state index in [1.807, 2.05) is 0 Å². The zero-order valence-electron chi connectivity index (χ0n) is 21.3. The summed E-state index contributed by atoms with van der Waals surface area (Å²) in [6.07, 6.45) is 8.45. The lowest BCUT2D eigenvalue weighted by molar-refractivity contribution is 0.410. The van der Waals surface area contributed by atoms with E-state index in [0.29, 0.717) is 34.3 Å². The van der Waals surface area contributed by atoms with Crippen LogP contribution >= 0.6 is 0 Å². The number of aryl methyl sites for hydroxylation is 1. The number of rotatable bonds is 8. The number of benzene rings is 2. The number of aromatic nitrogens is 4. The molecule has 2 aromatic heterocycles. The molecule has 0 saturated heterocycles.